The Bertz CT molecular complexity index is 1410. The number of methoxy groups -OCH3 is 1. The maximum atomic E-state index is 14.0. The van der Waals surface area contributed by atoms with Crippen LogP contribution >= 0.6 is 0 Å². The molecule has 0 unspecified atom stereocenters. The van der Waals surface area contributed by atoms with E-state index >= 15 is 0 Å². The van der Waals surface area contributed by atoms with E-state index in [4.69, 9.17) is 13.6 Å². The molecule has 0 saturated heterocycles. The van der Waals surface area contributed by atoms with Crippen molar-refractivity contribution < 1.29 is 22.8 Å². The minimum atomic E-state index is -0.508. The zero-order valence-electron chi connectivity index (χ0n) is 15.7. The lowest BCUT2D eigenvalue weighted by atomic mass is 10.1. The Kier molecular flexibility index (Phi) is 3.81. The first-order valence-corrected chi connectivity index (χ1v) is 9.05. The summed E-state index contributed by atoms with van der Waals surface area (Å²) in [7, 11) is 1.53. The average Bonchev–Trinajstić information content (AvgIpc) is 3.26. The molecule has 0 atom stereocenters. The molecule has 5 aromatic rings. The van der Waals surface area contributed by atoms with Gasteiger partial charge in [0.25, 0.3) is 5.91 Å². The first kappa shape index (κ1) is 17.3. The molecule has 0 spiro atoms. The number of rotatable bonds is 3. The van der Waals surface area contributed by atoms with Gasteiger partial charge in [-0.25, -0.2) is 4.39 Å². The van der Waals surface area contributed by atoms with Gasteiger partial charge in [0.05, 0.1) is 12.8 Å². The Hall–Kier alpha value is -3.80. The molecule has 3 aromatic carbocycles. The summed E-state index contributed by atoms with van der Waals surface area (Å²) < 4.78 is 30.9. The maximum Gasteiger partial charge on any atom is 0.291 e. The Balaban J connectivity index is 1.59. The number of ether oxygens (including phenoxy) is 1. The fraction of sp³-hybridized carbons (Fsp3) is 0.0870. The van der Waals surface area contributed by atoms with Crippen molar-refractivity contribution in [2.24, 2.45) is 0 Å². The molecule has 0 saturated carbocycles. The minimum Gasteiger partial charge on any atom is -0.495 e. The van der Waals surface area contributed by atoms with Crippen LogP contribution in [0.25, 0.3) is 32.9 Å². The molecule has 5 nitrogen and oxygen atoms in total. The van der Waals surface area contributed by atoms with Crippen molar-refractivity contribution in [2.75, 3.05) is 12.4 Å². The summed E-state index contributed by atoms with van der Waals surface area (Å²) in [5.74, 6) is -0.466. The van der Waals surface area contributed by atoms with Gasteiger partial charge in [-0.15, -0.1) is 0 Å². The number of aryl methyl sites for hydroxylation is 1. The van der Waals surface area contributed by atoms with Gasteiger partial charge in [-0.2, -0.15) is 0 Å². The van der Waals surface area contributed by atoms with Gasteiger partial charge in [-0.1, -0.05) is 30.3 Å². The SMILES string of the molecule is COc1cc2c(cc1NC(=O)c1oc3c(F)cccc3c1C)oc1ccccc12. The topological polar surface area (TPSA) is 64.6 Å². The number of nitrogens with one attached hydrogen (secondary N) is 1. The molecule has 29 heavy (non-hydrogen) atoms. The highest BCUT2D eigenvalue weighted by molar-refractivity contribution is 6.10. The van der Waals surface area contributed by atoms with Crippen LogP contribution in [0.3, 0.4) is 0 Å². The second-order valence-corrected chi connectivity index (χ2v) is 6.77. The lowest BCUT2D eigenvalue weighted by molar-refractivity contribution is 0.0997. The van der Waals surface area contributed by atoms with Gasteiger partial charge in [0.2, 0.25) is 0 Å². The fourth-order valence-corrected chi connectivity index (χ4v) is 3.62. The third kappa shape index (κ3) is 2.64. The highest BCUT2D eigenvalue weighted by Gasteiger charge is 2.21. The van der Waals surface area contributed by atoms with Crippen LogP contribution in [0.1, 0.15) is 16.1 Å². The van der Waals surface area contributed by atoms with Crippen LogP contribution in [0.15, 0.2) is 63.4 Å². The Labute approximate surface area is 164 Å². The van der Waals surface area contributed by atoms with Crippen LogP contribution in [0, 0.1) is 12.7 Å². The molecule has 0 bridgehead atoms. The summed E-state index contributed by atoms with van der Waals surface area (Å²) in [6.45, 7) is 1.72. The molecule has 0 aliphatic rings. The van der Waals surface area contributed by atoms with Crippen LogP contribution in [0.2, 0.25) is 0 Å². The average molecular weight is 389 g/mol. The zero-order chi connectivity index (χ0) is 20.1. The van der Waals surface area contributed by atoms with Crippen LogP contribution in [0.5, 0.6) is 5.75 Å². The predicted molar refractivity (Wildman–Crippen MR) is 109 cm³/mol. The van der Waals surface area contributed by atoms with Crippen LogP contribution in [-0.4, -0.2) is 13.0 Å². The van der Waals surface area contributed by atoms with E-state index in [1.165, 1.54) is 13.2 Å². The summed E-state index contributed by atoms with van der Waals surface area (Å²) in [5, 5.41) is 5.21. The third-order valence-corrected chi connectivity index (χ3v) is 5.07. The summed E-state index contributed by atoms with van der Waals surface area (Å²) in [5.41, 5.74) is 2.44. The van der Waals surface area contributed by atoms with Crippen molar-refractivity contribution in [3.63, 3.8) is 0 Å². The molecule has 2 aromatic heterocycles. The number of furan rings is 2. The number of hydrogen-bond donors (Lipinski definition) is 1. The number of anilines is 1. The number of halogens is 1. The Morgan fingerprint density at radius 3 is 2.55 bits per heavy atom. The summed E-state index contributed by atoms with van der Waals surface area (Å²) in [4.78, 5) is 12.9. The number of amides is 1. The minimum absolute atomic E-state index is 0.0526. The van der Waals surface area contributed by atoms with Gasteiger partial charge in [0.1, 0.15) is 16.9 Å². The zero-order valence-corrected chi connectivity index (χ0v) is 15.7. The third-order valence-electron chi connectivity index (χ3n) is 5.07. The molecule has 0 aliphatic carbocycles. The normalized spacial score (nSPS) is 11.4. The van der Waals surface area contributed by atoms with Crippen LogP contribution < -0.4 is 10.1 Å². The number of para-hydroxylation sites is 2. The first-order valence-electron chi connectivity index (χ1n) is 9.05. The van der Waals surface area contributed by atoms with Gasteiger partial charge in [0.15, 0.2) is 17.2 Å². The van der Waals surface area contributed by atoms with Crippen LogP contribution in [0.4, 0.5) is 10.1 Å². The quantitative estimate of drug-likeness (QED) is 0.408. The van der Waals surface area contributed by atoms with E-state index in [9.17, 15) is 9.18 Å². The highest BCUT2D eigenvalue weighted by Crippen LogP contribution is 2.37. The summed E-state index contributed by atoms with van der Waals surface area (Å²) >= 11 is 0. The second-order valence-electron chi connectivity index (χ2n) is 6.77. The molecule has 0 fully saturated rings. The van der Waals surface area contributed by atoms with Gasteiger partial charge in [0, 0.05) is 27.8 Å². The van der Waals surface area contributed by atoms with Gasteiger partial charge < -0.3 is 18.9 Å². The van der Waals surface area contributed by atoms with Crippen molar-refractivity contribution in [1.82, 2.24) is 0 Å². The van der Waals surface area contributed by atoms with Gasteiger partial charge in [-0.05, 0) is 25.1 Å². The lowest BCUT2D eigenvalue weighted by Gasteiger charge is -2.09. The molecule has 144 valence electrons. The molecule has 5 rings (SSSR count). The second kappa shape index (κ2) is 6.38. The van der Waals surface area contributed by atoms with Gasteiger partial charge >= 0.3 is 0 Å². The number of fused-ring (bicyclic) bond motifs is 4. The molecule has 1 N–H and O–H groups in total. The van der Waals surface area contributed by atoms with E-state index in [1.807, 2.05) is 30.3 Å². The number of carbonyl (C=O) groups excluding carboxylic acids is 1. The Morgan fingerprint density at radius 1 is 0.966 bits per heavy atom. The van der Waals surface area contributed by atoms with E-state index in [0.717, 1.165) is 16.4 Å². The smallest absolute Gasteiger partial charge is 0.291 e. The van der Waals surface area contributed by atoms with Crippen molar-refractivity contribution >= 4 is 44.5 Å². The lowest BCUT2D eigenvalue weighted by Crippen LogP contribution is -2.12. The van der Waals surface area contributed by atoms with Crippen molar-refractivity contribution in [3.8, 4) is 5.75 Å². The predicted octanol–water partition coefficient (Wildman–Crippen LogP) is 6.04. The molecule has 0 radical (unpaired) electrons. The molecular weight excluding hydrogens is 373 g/mol. The van der Waals surface area contributed by atoms with E-state index in [2.05, 4.69) is 5.32 Å². The van der Waals surface area contributed by atoms with E-state index in [0.29, 0.717) is 28.0 Å². The number of benzene rings is 3. The largest absolute Gasteiger partial charge is 0.495 e. The first-order chi connectivity index (χ1) is 14.1. The molecule has 6 heteroatoms. The van der Waals surface area contributed by atoms with E-state index < -0.39 is 11.7 Å². The Morgan fingerprint density at radius 2 is 1.76 bits per heavy atom. The molecule has 2 heterocycles. The fourth-order valence-electron chi connectivity index (χ4n) is 3.62. The van der Waals surface area contributed by atoms with Crippen molar-refractivity contribution in [3.05, 3.63) is 71.7 Å². The van der Waals surface area contributed by atoms with Crippen molar-refractivity contribution in [1.29, 1.82) is 0 Å². The maximum absolute atomic E-state index is 14.0. The highest BCUT2D eigenvalue weighted by atomic mass is 19.1. The summed E-state index contributed by atoms with van der Waals surface area (Å²) in [6.07, 6.45) is 0. The number of hydrogen-bond acceptors (Lipinski definition) is 4. The van der Waals surface area contributed by atoms with E-state index in [-0.39, 0.29) is 11.3 Å². The van der Waals surface area contributed by atoms with E-state index in [1.54, 1.807) is 25.1 Å². The summed E-state index contributed by atoms with van der Waals surface area (Å²) in [6, 6.07) is 15.8. The molecule has 1 amide bonds. The molecule has 0 aliphatic heterocycles. The van der Waals surface area contributed by atoms with Crippen LogP contribution in [-0.2, 0) is 0 Å². The standard InChI is InChI=1S/C23H16FNO4/c1-12-13-7-5-8-16(24)22(13)29-21(12)23(26)25-17-11-19-15(10-20(17)27-2)14-6-3-4-9-18(14)28-19/h3-11H,1-2H3,(H,25,26). The van der Waals surface area contributed by atoms with Gasteiger partial charge in [-0.3, -0.25) is 4.79 Å². The number of carbonyl (C=O) groups is 1. The van der Waals surface area contributed by atoms with Crippen molar-refractivity contribution in [2.45, 2.75) is 6.92 Å². The molecular formula is C23H16FNO4. The monoisotopic (exact) mass is 389 g/mol.